The van der Waals surface area contributed by atoms with E-state index >= 15 is 0 Å². The number of anilines is 1. The second kappa shape index (κ2) is 10.4. The van der Waals surface area contributed by atoms with Gasteiger partial charge in [0.15, 0.2) is 0 Å². The maximum Gasteiger partial charge on any atom is 0.228 e. The maximum absolute atomic E-state index is 14.1. The maximum atomic E-state index is 14.1. The van der Waals surface area contributed by atoms with Gasteiger partial charge in [0.2, 0.25) is 11.8 Å². The van der Waals surface area contributed by atoms with Crippen molar-refractivity contribution in [1.82, 2.24) is 9.80 Å². The minimum atomic E-state index is -0.412. The zero-order valence-corrected chi connectivity index (χ0v) is 21.8. The van der Waals surface area contributed by atoms with Gasteiger partial charge < -0.3 is 14.5 Å². The number of piperidine rings is 1. The fourth-order valence-electron chi connectivity index (χ4n) is 5.47. The second-order valence-electron chi connectivity index (χ2n) is 10.8. The summed E-state index contributed by atoms with van der Waals surface area (Å²) in [7, 11) is 1.65. The number of carbonyl (C=O) groups excluding carboxylic acids is 2. The minimum Gasteiger partial charge on any atom is -0.496 e. The Morgan fingerprint density at radius 2 is 1.69 bits per heavy atom. The molecule has 2 saturated heterocycles. The first-order chi connectivity index (χ1) is 16.7. The summed E-state index contributed by atoms with van der Waals surface area (Å²) in [4.78, 5) is 33.8. The molecule has 2 amide bonds. The van der Waals surface area contributed by atoms with E-state index in [2.05, 4.69) is 25.7 Å². The molecule has 2 unspecified atom stereocenters. The minimum absolute atomic E-state index is 0.0450. The van der Waals surface area contributed by atoms with E-state index < -0.39 is 6.04 Å². The highest BCUT2D eigenvalue weighted by molar-refractivity contribution is 5.97. The molecule has 2 heterocycles. The van der Waals surface area contributed by atoms with E-state index in [9.17, 15) is 9.59 Å². The van der Waals surface area contributed by atoms with Crippen LogP contribution in [0.5, 0.6) is 5.75 Å². The molecule has 2 aromatic rings. The molecule has 188 valence electrons. The molecule has 6 nitrogen and oxygen atoms in total. The van der Waals surface area contributed by atoms with Crippen molar-refractivity contribution < 1.29 is 14.3 Å². The van der Waals surface area contributed by atoms with Gasteiger partial charge in [-0.1, -0.05) is 35.9 Å². The van der Waals surface area contributed by atoms with E-state index in [-0.39, 0.29) is 23.3 Å². The first-order valence-electron chi connectivity index (χ1n) is 12.8. The molecule has 0 saturated carbocycles. The van der Waals surface area contributed by atoms with Crippen molar-refractivity contribution >= 4 is 17.5 Å². The molecule has 0 spiro atoms. The Hall–Kier alpha value is -2.86. The molecule has 4 rings (SSSR count). The molecule has 0 bridgehead atoms. The van der Waals surface area contributed by atoms with Crippen molar-refractivity contribution in [2.24, 2.45) is 5.92 Å². The molecule has 2 atom stereocenters. The van der Waals surface area contributed by atoms with Gasteiger partial charge in [-0.15, -0.1) is 0 Å². The summed E-state index contributed by atoms with van der Waals surface area (Å²) in [6.07, 6.45) is 1.86. The Labute approximate surface area is 209 Å². The Balaban J connectivity index is 1.71. The van der Waals surface area contributed by atoms with E-state index in [1.54, 1.807) is 7.11 Å². The summed E-state index contributed by atoms with van der Waals surface area (Å²) in [6, 6.07) is 15.4. The highest BCUT2D eigenvalue weighted by atomic mass is 16.5. The molecular weight excluding hydrogens is 438 g/mol. The Morgan fingerprint density at radius 1 is 0.971 bits per heavy atom. The molecule has 0 aromatic heterocycles. The number of nitrogens with zero attached hydrogens (tertiary/aromatic N) is 3. The standard InChI is InChI=1S/C29H39N3O3/c1-21-11-13-22(14-12-21)32-26(33)16-15-24(27(32)23-9-6-7-10-25(23)35-5)28(34)30-17-8-18-31(20-19-30)29(2,3)4/h6-7,9-14,24,27H,8,15-20H2,1-5H3. The smallest absolute Gasteiger partial charge is 0.228 e. The van der Waals surface area contributed by atoms with Crippen molar-refractivity contribution in [3.05, 3.63) is 59.7 Å². The number of hydrogen-bond donors (Lipinski definition) is 0. The third-order valence-corrected chi connectivity index (χ3v) is 7.44. The van der Waals surface area contributed by atoms with Gasteiger partial charge >= 0.3 is 0 Å². The van der Waals surface area contributed by atoms with Crippen LogP contribution in [0.25, 0.3) is 0 Å². The van der Waals surface area contributed by atoms with Crippen molar-refractivity contribution in [2.75, 3.05) is 38.2 Å². The van der Waals surface area contributed by atoms with Crippen LogP contribution < -0.4 is 9.64 Å². The van der Waals surface area contributed by atoms with E-state index in [0.29, 0.717) is 25.1 Å². The Morgan fingerprint density at radius 3 is 2.37 bits per heavy atom. The van der Waals surface area contributed by atoms with Gasteiger partial charge in [-0.3, -0.25) is 14.5 Å². The molecule has 2 aliphatic heterocycles. The molecule has 0 N–H and O–H groups in total. The van der Waals surface area contributed by atoms with Crippen LogP contribution in [-0.2, 0) is 9.59 Å². The predicted octanol–water partition coefficient (Wildman–Crippen LogP) is 4.82. The summed E-state index contributed by atoms with van der Waals surface area (Å²) in [6.45, 7) is 12.0. The number of amides is 2. The van der Waals surface area contributed by atoms with Gasteiger partial charge in [-0.25, -0.2) is 0 Å². The number of hydrogen-bond acceptors (Lipinski definition) is 4. The van der Waals surface area contributed by atoms with Gasteiger partial charge in [0, 0.05) is 49.4 Å². The lowest BCUT2D eigenvalue weighted by Gasteiger charge is -2.42. The Kier molecular flexibility index (Phi) is 7.50. The van der Waals surface area contributed by atoms with Gasteiger partial charge in [-0.05, 0) is 58.7 Å². The van der Waals surface area contributed by atoms with Crippen LogP contribution in [0.15, 0.2) is 48.5 Å². The van der Waals surface area contributed by atoms with Crippen LogP contribution >= 0.6 is 0 Å². The lowest BCUT2D eigenvalue weighted by molar-refractivity contribution is -0.138. The number of para-hydroxylation sites is 1. The molecule has 35 heavy (non-hydrogen) atoms. The van der Waals surface area contributed by atoms with Crippen LogP contribution in [0.2, 0.25) is 0 Å². The molecule has 6 heteroatoms. The topological polar surface area (TPSA) is 53.1 Å². The summed E-state index contributed by atoms with van der Waals surface area (Å²) in [5.41, 5.74) is 2.92. The lowest BCUT2D eigenvalue weighted by Crippen LogP contribution is -2.50. The van der Waals surface area contributed by atoms with E-state index in [1.165, 1.54) is 0 Å². The summed E-state index contributed by atoms with van der Waals surface area (Å²) >= 11 is 0. The lowest BCUT2D eigenvalue weighted by atomic mass is 9.82. The number of rotatable bonds is 4. The van der Waals surface area contributed by atoms with E-state index in [4.69, 9.17) is 4.74 Å². The molecule has 0 radical (unpaired) electrons. The number of ether oxygens (including phenoxy) is 1. The number of aryl methyl sites for hydroxylation is 1. The molecule has 0 aliphatic carbocycles. The summed E-state index contributed by atoms with van der Waals surface area (Å²) < 4.78 is 5.71. The first kappa shape index (κ1) is 25.2. The van der Waals surface area contributed by atoms with E-state index in [0.717, 1.165) is 42.9 Å². The fraction of sp³-hybridized carbons (Fsp3) is 0.517. The van der Waals surface area contributed by atoms with Crippen LogP contribution in [-0.4, -0.2) is 60.4 Å². The average molecular weight is 478 g/mol. The van der Waals surface area contributed by atoms with Crippen molar-refractivity contribution in [3.8, 4) is 5.75 Å². The second-order valence-corrected chi connectivity index (χ2v) is 10.8. The number of carbonyl (C=O) groups is 2. The van der Waals surface area contributed by atoms with Crippen molar-refractivity contribution in [1.29, 1.82) is 0 Å². The number of methoxy groups -OCH3 is 1. The summed E-state index contributed by atoms with van der Waals surface area (Å²) in [5, 5.41) is 0. The third-order valence-electron chi connectivity index (χ3n) is 7.44. The van der Waals surface area contributed by atoms with Gasteiger partial charge in [0.1, 0.15) is 5.75 Å². The SMILES string of the molecule is COc1ccccc1C1C(C(=O)N2CCCN(C(C)(C)C)CC2)CCC(=O)N1c1ccc(C)cc1. The van der Waals surface area contributed by atoms with Crippen LogP contribution in [0.1, 0.15) is 57.2 Å². The number of benzene rings is 2. The Bertz CT molecular complexity index is 1040. The van der Waals surface area contributed by atoms with Gasteiger partial charge in [0.05, 0.1) is 19.1 Å². The third kappa shape index (κ3) is 5.37. The largest absolute Gasteiger partial charge is 0.496 e. The highest BCUT2D eigenvalue weighted by Crippen LogP contribution is 2.43. The van der Waals surface area contributed by atoms with Crippen LogP contribution in [0, 0.1) is 12.8 Å². The normalized spacial score (nSPS) is 22.1. The highest BCUT2D eigenvalue weighted by Gasteiger charge is 2.44. The molecule has 2 fully saturated rings. The average Bonchev–Trinajstić information content (AvgIpc) is 3.11. The summed E-state index contributed by atoms with van der Waals surface area (Å²) in [5.74, 6) is 0.563. The monoisotopic (exact) mass is 477 g/mol. The molecular formula is C29H39N3O3. The zero-order chi connectivity index (χ0) is 25.2. The van der Waals surface area contributed by atoms with E-state index in [1.807, 2.05) is 65.3 Å². The first-order valence-corrected chi connectivity index (χ1v) is 12.8. The quantitative estimate of drug-likeness (QED) is 0.634. The van der Waals surface area contributed by atoms with Crippen molar-refractivity contribution in [3.63, 3.8) is 0 Å². The molecule has 2 aliphatic rings. The zero-order valence-electron chi connectivity index (χ0n) is 21.8. The predicted molar refractivity (Wildman–Crippen MR) is 140 cm³/mol. The van der Waals surface area contributed by atoms with Gasteiger partial charge in [0.25, 0.3) is 0 Å². The van der Waals surface area contributed by atoms with Crippen LogP contribution in [0.3, 0.4) is 0 Å². The molecule has 2 aromatic carbocycles. The fourth-order valence-corrected chi connectivity index (χ4v) is 5.47. The van der Waals surface area contributed by atoms with Crippen LogP contribution in [0.4, 0.5) is 5.69 Å². The van der Waals surface area contributed by atoms with Gasteiger partial charge in [-0.2, -0.15) is 0 Å². The van der Waals surface area contributed by atoms with Crippen molar-refractivity contribution in [2.45, 2.75) is 58.5 Å².